The quantitative estimate of drug-likeness (QED) is 0.652. The fourth-order valence-electron chi connectivity index (χ4n) is 3.69. The van der Waals surface area contributed by atoms with Gasteiger partial charge in [0.15, 0.2) is 0 Å². The molecule has 3 fully saturated rings. The van der Waals surface area contributed by atoms with E-state index in [2.05, 4.69) is 5.32 Å². The van der Waals surface area contributed by atoms with Crippen molar-refractivity contribution in [3.8, 4) is 0 Å². The highest BCUT2D eigenvalue weighted by molar-refractivity contribution is 6.05. The lowest BCUT2D eigenvalue weighted by atomic mass is 9.84. The normalized spacial score (nSPS) is 39.8. The molecule has 0 aromatic heterocycles. The minimum atomic E-state index is -0.0805. The lowest BCUT2D eigenvalue weighted by molar-refractivity contribution is -0.138. The molecule has 0 radical (unpaired) electrons. The second-order valence-electron chi connectivity index (χ2n) is 5.35. The van der Waals surface area contributed by atoms with E-state index < -0.39 is 0 Å². The van der Waals surface area contributed by atoms with Crippen LogP contribution in [-0.2, 0) is 9.59 Å². The molecule has 3 atom stereocenters. The summed E-state index contributed by atoms with van der Waals surface area (Å²) < 4.78 is 0. The number of carbonyl (C=O) groups is 2. The number of imide groups is 1. The summed E-state index contributed by atoms with van der Waals surface area (Å²) in [6, 6.07) is 0.258. The first-order valence-corrected chi connectivity index (χ1v) is 6.25. The summed E-state index contributed by atoms with van der Waals surface area (Å²) in [7, 11) is 1.62. The van der Waals surface area contributed by atoms with Crippen LogP contribution in [0.3, 0.4) is 0 Å². The molecule has 2 amide bonds. The van der Waals surface area contributed by atoms with Gasteiger partial charge in [-0.2, -0.15) is 0 Å². The molecule has 3 rings (SSSR count). The molecular weight excluding hydrogens is 204 g/mol. The van der Waals surface area contributed by atoms with Gasteiger partial charge in [-0.25, -0.2) is 0 Å². The number of hydrogen-bond donors (Lipinski definition) is 1. The number of hydrogen-bond acceptors (Lipinski definition) is 3. The molecule has 0 spiro atoms. The van der Waals surface area contributed by atoms with Crippen LogP contribution in [0.5, 0.6) is 0 Å². The van der Waals surface area contributed by atoms with Crippen molar-refractivity contribution in [3.63, 3.8) is 0 Å². The molecule has 88 valence electrons. The Labute approximate surface area is 95.4 Å². The molecule has 2 saturated heterocycles. The van der Waals surface area contributed by atoms with Crippen LogP contribution in [0, 0.1) is 17.8 Å². The van der Waals surface area contributed by atoms with Gasteiger partial charge < -0.3 is 5.32 Å². The van der Waals surface area contributed by atoms with Gasteiger partial charge in [0.1, 0.15) is 0 Å². The van der Waals surface area contributed by atoms with Crippen LogP contribution >= 0.6 is 0 Å². The minimum Gasteiger partial charge on any atom is -0.312 e. The third-order valence-electron chi connectivity index (χ3n) is 4.57. The van der Waals surface area contributed by atoms with E-state index in [1.807, 2.05) is 0 Å². The molecule has 0 aromatic rings. The van der Waals surface area contributed by atoms with Gasteiger partial charge in [0.25, 0.3) is 0 Å². The van der Waals surface area contributed by atoms with Gasteiger partial charge in [0.2, 0.25) is 11.8 Å². The van der Waals surface area contributed by atoms with E-state index in [0.29, 0.717) is 12.5 Å². The summed E-state index contributed by atoms with van der Waals surface area (Å²) in [6.45, 7) is 0.695. The van der Waals surface area contributed by atoms with Gasteiger partial charge in [-0.3, -0.25) is 14.5 Å². The minimum absolute atomic E-state index is 0.0167. The van der Waals surface area contributed by atoms with Crippen molar-refractivity contribution in [2.24, 2.45) is 17.8 Å². The molecule has 1 N–H and O–H groups in total. The highest BCUT2D eigenvalue weighted by Crippen LogP contribution is 2.40. The topological polar surface area (TPSA) is 49.4 Å². The molecule has 4 nitrogen and oxygen atoms in total. The monoisotopic (exact) mass is 222 g/mol. The second kappa shape index (κ2) is 3.55. The van der Waals surface area contributed by atoms with E-state index in [4.69, 9.17) is 0 Å². The molecule has 2 heterocycles. The van der Waals surface area contributed by atoms with Gasteiger partial charge in [-0.1, -0.05) is 12.8 Å². The van der Waals surface area contributed by atoms with Crippen molar-refractivity contribution in [1.82, 2.24) is 10.2 Å². The molecule has 16 heavy (non-hydrogen) atoms. The predicted octanol–water partition coefficient (Wildman–Crippen LogP) is 0.379. The van der Waals surface area contributed by atoms with Crippen molar-refractivity contribution in [2.75, 3.05) is 13.6 Å². The van der Waals surface area contributed by atoms with Crippen molar-refractivity contribution < 1.29 is 9.59 Å². The van der Waals surface area contributed by atoms with Crippen molar-refractivity contribution >= 4 is 11.8 Å². The average molecular weight is 222 g/mol. The molecule has 1 saturated carbocycles. The first-order valence-electron chi connectivity index (χ1n) is 6.25. The third-order valence-corrected chi connectivity index (χ3v) is 4.57. The number of amides is 2. The van der Waals surface area contributed by atoms with Crippen LogP contribution in [0.2, 0.25) is 0 Å². The number of nitrogens with one attached hydrogen (secondary N) is 1. The van der Waals surface area contributed by atoms with Crippen LogP contribution in [0.1, 0.15) is 25.7 Å². The highest BCUT2D eigenvalue weighted by Gasteiger charge is 2.54. The fourth-order valence-corrected chi connectivity index (χ4v) is 3.69. The van der Waals surface area contributed by atoms with Gasteiger partial charge in [-0.05, 0) is 18.8 Å². The van der Waals surface area contributed by atoms with E-state index >= 15 is 0 Å². The number of fused-ring (bicyclic) bond motifs is 1. The summed E-state index contributed by atoms with van der Waals surface area (Å²) in [5, 5.41) is 3.41. The Bertz CT molecular complexity index is 336. The molecule has 2 aliphatic heterocycles. The van der Waals surface area contributed by atoms with E-state index in [9.17, 15) is 9.59 Å². The lowest BCUT2D eigenvalue weighted by Crippen LogP contribution is -2.40. The predicted molar refractivity (Wildman–Crippen MR) is 58.5 cm³/mol. The summed E-state index contributed by atoms with van der Waals surface area (Å²) >= 11 is 0. The van der Waals surface area contributed by atoms with Crippen LogP contribution in [-0.4, -0.2) is 36.3 Å². The lowest BCUT2D eigenvalue weighted by Gasteiger charge is -2.23. The molecular formula is C12H18N2O2. The van der Waals surface area contributed by atoms with E-state index in [1.165, 1.54) is 30.6 Å². The van der Waals surface area contributed by atoms with Gasteiger partial charge in [0.05, 0.1) is 11.8 Å². The van der Waals surface area contributed by atoms with Gasteiger partial charge in [-0.15, -0.1) is 0 Å². The fraction of sp³-hybridized carbons (Fsp3) is 0.833. The van der Waals surface area contributed by atoms with Crippen LogP contribution < -0.4 is 5.32 Å². The zero-order valence-corrected chi connectivity index (χ0v) is 9.61. The van der Waals surface area contributed by atoms with Gasteiger partial charge >= 0.3 is 0 Å². The maximum absolute atomic E-state index is 12.0. The van der Waals surface area contributed by atoms with Crippen molar-refractivity contribution in [3.05, 3.63) is 0 Å². The van der Waals surface area contributed by atoms with E-state index in [1.54, 1.807) is 7.05 Å². The second-order valence-corrected chi connectivity index (χ2v) is 5.35. The third kappa shape index (κ3) is 1.25. The standard InChI is InChI=1S/C12H18N2O2/c1-14-11(15)8-6-13-10(9(8)12(14)16)7-4-2-3-5-7/h7-10,13H,2-6H2,1H3/t8-,9-,10+/m1/s1. The smallest absolute Gasteiger partial charge is 0.234 e. The number of likely N-dealkylation sites (tertiary alicyclic amines) is 1. The Morgan fingerprint density at radius 1 is 1.19 bits per heavy atom. The Hall–Kier alpha value is -0.900. The van der Waals surface area contributed by atoms with Crippen LogP contribution in [0.25, 0.3) is 0 Å². The Morgan fingerprint density at radius 2 is 1.88 bits per heavy atom. The average Bonchev–Trinajstić information content (AvgIpc) is 2.96. The highest BCUT2D eigenvalue weighted by atomic mass is 16.2. The first kappa shape index (κ1) is 10.3. The summed E-state index contributed by atoms with van der Waals surface area (Å²) in [4.78, 5) is 25.2. The number of nitrogens with zero attached hydrogens (tertiary/aromatic N) is 1. The largest absolute Gasteiger partial charge is 0.312 e. The Balaban J connectivity index is 1.84. The maximum Gasteiger partial charge on any atom is 0.234 e. The van der Waals surface area contributed by atoms with Crippen LogP contribution in [0.4, 0.5) is 0 Å². The van der Waals surface area contributed by atoms with E-state index in [-0.39, 0.29) is 29.7 Å². The summed E-state index contributed by atoms with van der Waals surface area (Å²) in [5.41, 5.74) is 0. The Morgan fingerprint density at radius 3 is 2.56 bits per heavy atom. The van der Waals surface area contributed by atoms with Crippen molar-refractivity contribution in [1.29, 1.82) is 0 Å². The van der Waals surface area contributed by atoms with Crippen LogP contribution in [0.15, 0.2) is 0 Å². The maximum atomic E-state index is 12.0. The number of rotatable bonds is 1. The number of carbonyl (C=O) groups excluding carboxylic acids is 2. The van der Waals surface area contributed by atoms with Gasteiger partial charge in [0, 0.05) is 19.6 Å². The molecule has 4 heteroatoms. The summed E-state index contributed by atoms with van der Waals surface area (Å²) in [5.74, 6) is 0.516. The molecule has 1 aliphatic carbocycles. The SMILES string of the molecule is CN1C(=O)[C@@H]2[C@@H](CN[C@H]2C2CCCC2)C1=O. The molecule has 0 unspecified atom stereocenters. The molecule has 3 aliphatic rings. The zero-order valence-electron chi connectivity index (χ0n) is 9.61. The molecule has 0 bridgehead atoms. The molecule has 0 aromatic carbocycles. The van der Waals surface area contributed by atoms with Crippen molar-refractivity contribution in [2.45, 2.75) is 31.7 Å². The summed E-state index contributed by atoms with van der Waals surface area (Å²) in [6.07, 6.45) is 4.98. The first-order chi connectivity index (χ1) is 7.70. The van der Waals surface area contributed by atoms with E-state index in [0.717, 1.165) is 0 Å². The zero-order chi connectivity index (χ0) is 11.3. The Kier molecular flexibility index (Phi) is 2.28.